The Hall–Kier alpha value is -0.770. The third-order valence-electron chi connectivity index (χ3n) is 2.26. The fourth-order valence-corrected chi connectivity index (χ4v) is 1.71. The van der Waals surface area contributed by atoms with Gasteiger partial charge in [-0.3, -0.25) is 0 Å². The molecule has 0 aliphatic carbocycles. The molecule has 15 heavy (non-hydrogen) atoms. The zero-order valence-corrected chi connectivity index (χ0v) is 9.93. The number of ether oxygens (including phenoxy) is 1. The summed E-state index contributed by atoms with van der Waals surface area (Å²) in [5.41, 5.74) is -0.308. The number of halogens is 1. The molecule has 4 heteroatoms. The summed E-state index contributed by atoms with van der Waals surface area (Å²) in [5, 5.41) is 13.7. The maximum atomic E-state index is 10.2. The van der Waals surface area contributed by atoms with E-state index in [0.29, 0.717) is 22.9 Å². The lowest BCUT2D eigenvalue weighted by Gasteiger charge is -2.25. The Morgan fingerprint density at radius 3 is 2.73 bits per heavy atom. The van der Waals surface area contributed by atoms with Crippen molar-refractivity contribution >= 4 is 11.6 Å². The minimum Gasteiger partial charge on any atom is -0.496 e. The molecule has 2 N–H and O–H groups in total. The predicted octanol–water partition coefficient (Wildman–Crippen LogP) is 1.78. The molecule has 1 unspecified atom stereocenters. The molecule has 0 radical (unpaired) electrons. The average molecular weight is 230 g/mol. The lowest BCUT2D eigenvalue weighted by atomic mass is 9.95. The van der Waals surface area contributed by atoms with Gasteiger partial charge in [0.1, 0.15) is 11.4 Å². The summed E-state index contributed by atoms with van der Waals surface area (Å²) in [6.45, 7) is 2.15. The molecule has 0 fully saturated rings. The van der Waals surface area contributed by atoms with E-state index in [2.05, 4.69) is 5.32 Å². The SMILES string of the molecule is CNCC(C)(O)c1cc(Cl)ccc1OC. The van der Waals surface area contributed by atoms with Crippen LogP contribution in [0.3, 0.4) is 0 Å². The average Bonchev–Trinajstić information content (AvgIpc) is 2.17. The Bertz CT molecular complexity index is 339. The highest BCUT2D eigenvalue weighted by Crippen LogP contribution is 2.31. The highest BCUT2D eigenvalue weighted by Gasteiger charge is 2.26. The van der Waals surface area contributed by atoms with Gasteiger partial charge in [0.05, 0.1) is 7.11 Å². The largest absolute Gasteiger partial charge is 0.496 e. The first kappa shape index (κ1) is 12.3. The van der Waals surface area contributed by atoms with Gasteiger partial charge >= 0.3 is 0 Å². The molecule has 0 aliphatic rings. The second kappa shape index (κ2) is 4.84. The maximum absolute atomic E-state index is 10.2. The molecule has 1 rings (SSSR count). The standard InChI is InChI=1S/C11H16ClNO2/c1-11(14,7-13-2)9-6-8(12)4-5-10(9)15-3/h4-6,13-14H,7H2,1-3H3. The summed E-state index contributed by atoms with van der Waals surface area (Å²) in [6.07, 6.45) is 0. The molecule has 0 aromatic heterocycles. The van der Waals surface area contributed by atoms with E-state index < -0.39 is 5.60 Å². The lowest BCUT2D eigenvalue weighted by molar-refractivity contribution is 0.0565. The normalized spacial score (nSPS) is 14.7. The van der Waals surface area contributed by atoms with E-state index in [0.717, 1.165) is 0 Å². The molecule has 1 atom stereocenters. The van der Waals surface area contributed by atoms with Crippen LogP contribution in [-0.4, -0.2) is 25.8 Å². The smallest absolute Gasteiger partial charge is 0.125 e. The van der Waals surface area contributed by atoms with Crippen molar-refractivity contribution in [3.63, 3.8) is 0 Å². The van der Waals surface area contributed by atoms with Gasteiger partial charge in [-0.15, -0.1) is 0 Å². The summed E-state index contributed by atoms with van der Waals surface area (Å²) < 4.78 is 5.19. The monoisotopic (exact) mass is 229 g/mol. The molecule has 1 aromatic carbocycles. The summed E-state index contributed by atoms with van der Waals surface area (Å²) in [6, 6.07) is 5.21. The van der Waals surface area contributed by atoms with Crippen LogP contribution in [0.4, 0.5) is 0 Å². The molecule has 0 heterocycles. The van der Waals surface area contributed by atoms with Gasteiger partial charge in [-0.05, 0) is 32.2 Å². The van der Waals surface area contributed by atoms with Crippen LogP contribution in [0.1, 0.15) is 12.5 Å². The van der Waals surface area contributed by atoms with Gasteiger partial charge in [0, 0.05) is 17.1 Å². The third-order valence-corrected chi connectivity index (χ3v) is 2.50. The van der Waals surface area contributed by atoms with Gasteiger partial charge in [0.15, 0.2) is 0 Å². The van der Waals surface area contributed by atoms with E-state index in [1.165, 1.54) is 0 Å². The summed E-state index contributed by atoms with van der Waals surface area (Å²) in [4.78, 5) is 0. The fourth-order valence-electron chi connectivity index (χ4n) is 1.54. The van der Waals surface area contributed by atoms with Crippen molar-refractivity contribution in [1.29, 1.82) is 0 Å². The van der Waals surface area contributed by atoms with Crippen LogP contribution in [0.25, 0.3) is 0 Å². The minimum atomic E-state index is -0.995. The first-order valence-electron chi connectivity index (χ1n) is 4.72. The fraction of sp³-hybridized carbons (Fsp3) is 0.455. The van der Waals surface area contributed by atoms with Crippen molar-refractivity contribution in [2.75, 3.05) is 20.7 Å². The number of hydrogen-bond acceptors (Lipinski definition) is 3. The number of methoxy groups -OCH3 is 1. The number of benzene rings is 1. The summed E-state index contributed by atoms with van der Waals surface area (Å²) >= 11 is 5.89. The molecule has 1 aromatic rings. The molecule has 0 spiro atoms. The Balaban J connectivity index is 3.15. The predicted molar refractivity (Wildman–Crippen MR) is 61.5 cm³/mol. The zero-order valence-electron chi connectivity index (χ0n) is 9.17. The van der Waals surface area contributed by atoms with Crippen molar-refractivity contribution in [2.45, 2.75) is 12.5 Å². The molecule has 3 nitrogen and oxygen atoms in total. The van der Waals surface area contributed by atoms with Gasteiger partial charge in [0.25, 0.3) is 0 Å². The highest BCUT2D eigenvalue weighted by molar-refractivity contribution is 6.30. The number of rotatable bonds is 4. The van der Waals surface area contributed by atoms with E-state index >= 15 is 0 Å². The van der Waals surface area contributed by atoms with Gasteiger partial charge in [-0.2, -0.15) is 0 Å². The van der Waals surface area contributed by atoms with E-state index in [4.69, 9.17) is 16.3 Å². The quantitative estimate of drug-likeness (QED) is 0.827. The number of likely N-dealkylation sites (N-methyl/N-ethyl adjacent to an activating group) is 1. The Kier molecular flexibility index (Phi) is 3.97. The van der Waals surface area contributed by atoms with Crippen molar-refractivity contribution in [3.05, 3.63) is 28.8 Å². The van der Waals surface area contributed by atoms with Crippen molar-refractivity contribution in [1.82, 2.24) is 5.32 Å². The first-order chi connectivity index (χ1) is 7.01. The van der Waals surface area contributed by atoms with Crippen LogP contribution >= 0.6 is 11.6 Å². The van der Waals surface area contributed by atoms with Crippen LogP contribution in [0.5, 0.6) is 5.75 Å². The molecule has 0 bridgehead atoms. The van der Waals surface area contributed by atoms with E-state index in [9.17, 15) is 5.11 Å². The van der Waals surface area contributed by atoms with E-state index in [1.807, 2.05) is 0 Å². The molecule has 0 saturated carbocycles. The topological polar surface area (TPSA) is 41.5 Å². The first-order valence-corrected chi connectivity index (χ1v) is 5.10. The molecular formula is C11H16ClNO2. The Labute approximate surface area is 95.0 Å². The highest BCUT2D eigenvalue weighted by atomic mass is 35.5. The second-order valence-corrected chi connectivity index (χ2v) is 4.09. The Morgan fingerprint density at radius 1 is 1.53 bits per heavy atom. The van der Waals surface area contributed by atoms with Crippen molar-refractivity contribution in [2.24, 2.45) is 0 Å². The van der Waals surface area contributed by atoms with Crippen LogP contribution in [-0.2, 0) is 5.60 Å². The maximum Gasteiger partial charge on any atom is 0.125 e. The number of aliphatic hydroxyl groups is 1. The van der Waals surface area contributed by atoms with Crippen LogP contribution < -0.4 is 10.1 Å². The van der Waals surface area contributed by atoms with Gasteiger partial charge in [-0.1, -0.05) is 11.6 Å². The zero-order chi connectivity index (χ0) is 11.5. The Morgan fingerprint density at radius 2 is 2.20 bits per heavy atom. The third kappa shape index (κ3) is 2.84. The van der Waals surface area contributed by atoms with Crippen molar-refractivity contribution < 1.29 is 9.84 Å². The van der Waals surface area contributed by atoms with Crippen molar-refractivity contribution in [3.8, 4) is 5.75 Å². The van der Waals surface area contributed by atoms with E-state index in [1.54, 1.807) is 39.3 Å². The molecule has 0 amide bonds. The van der Waals surface area contributed by atoms with Gasteiger partial charge in [-0.25, -0.2) is 0 Å². The minimum absolute atomic E-state index is 0.434. The number of nitrogens with one attached hydrogen (secondary N) is 1. The van der Waals surface area contributed by atoms with Gasteiger partial charge in [0.2, 0.25) is 0 Å². The second-order valence-electron chi connectivity index (χ2n) is 3.65. The van der Waals surface area contributed by atoms with E-state index in [-0.39, 0.29) is 0 Å². The molecular weight excluding hydrogens is 214 g/mol. The van der Waals surface area contributed by atoms with Crippen LogP contribution in [0, 0.1) is 0 Å². The van der Waals surface area contributed by atoms with Crippen LogP contribution in [0.2, 0.25) is 5.02 Å². The van der Waals surface area contributed by atoms with Gasteiger partial charge < -0.3 is 15.2 Å². The summed E-state index contributed by atoms with van der Waals surface area (Å²) in [5.74, 6) is 0.639. The molecule has 0 saturated heterocycles. The van der Waals surface area contributed by atoms with Crippen LogP contribution in [0.15, 0.2) is 18.2 Å². The summed E-state index contributed by atoms with van der Waals surface area (Å²) in [7, 11) is 3.35. The molecule has 0 aliphatic heterocycles. The number of hydrogen-bond donors (Lipinski definition) is 2. The lowest BCUT2D eigenvalue weighted by Crippen LogP contribution is -2.33. The molecule has 84 valence electrons.